The fourth-order valence-corrected chi connectivity index (χ4v) is 4.01. The minimum atomic E-state index is -0.192. The maximum Gasteiger partial charge on any atom is 0.135 e. The molecule has 2 nitrogen and oxygen atoms in total. The number of nitrogens with zero attached hydrogens (tertiary/aromatic N) is 2. The van der Waals surface area contributed by atoms with Gasteiger partial charge >= 0.3 is 0 Å². The lowest BCUT2D eigenvalue weighted by atomic mass is 9.98. The normalized spacial score (nSPS) is 14.2. The first-order valence-electron chi connectivity index (χ1n) is 10.3. The van der Waals surface area contributed by atoms with Crippen molar-refractivity contribution in [3.63, 3.8) is 0 Å². The van der Waals surface area contributed by atoms with Crippen molar-refractivity contribution in [2.24, 2.45) is 10.9 Å². The van der Waals surface area contributed by atoms with E-state index in [2.05, 4.69) is 48.1 Å². The molecule has 0 aliphatic rings. The maximum atomic E-state index is 15.2. The molecular formula is C25H33FN2S. The second-order valence-electron chi connectivity index (χ2n) is 8.43. The number of halogens is 1. The zero-order valence-electron chi connectivity index (χ0n) is 18.8. The van der Waals surface area contributed by atoms with E-state index in [0.717, 1.165) is 27.7 Å². The van der Waals surface area contributed by atoms with Crippen LogP contribution in [0.4, 0.5) is 4.39 Å². The van der Waals surface area contributed by atoms with Gasteiger partial charge in [-0.1, -0.05) is 66.3 Å². The second kappa shape index (κ2) is 9.62. The van der Waals surface area contributed by atoms with E-state index in [1.807, 2.05) is 31.2 Å². The highest BCUT2D eigenvalue weighted by atomic mass is 32.1. The number of aliphatic imine (C=N–C) groups is 1. The minimum Gasteiger partial charge on any atom is -0.256 e. The third-order valence-electron chi connectivity index (χ3n) is 5.11. The Morgan fingerprint density at radius 2 is 2.00 bits per heavy atom. The Bertz CT molecular complexity index is 929. The number of hydrogen-bond acceptors (Lipinski definition) is 3. The summed E-state index contributed by atoms with van der Waals surface area (Å²) in [6.07, 6.45) is 5.30. The molecule has 156 valence electrons. The van der Waals surface area contributed by atoms with Crippen LogP contribution in [0.25, 0.3) is 17.0 Å². The average Bonchev–Trinajstić information content (AvgIpc) is 3.12. The summed E-state index contributed by atoms with van der Waals surface area (Å²) in [5.74, 6) is 0.185. The third kappa shape index (κ3) is 5.30. The van der Waals surface area contributed by atoms with Gasteiger partial charge in [0.1, 0.15) is 5.82 Å². The number of allylic oxidation sites excluding steroid dienone is 2. The molecule has 1 aromatic heterocycles. The van der Waals surface area contributed by atoms with Crippen LogP contribution in [-0.2, 0) is 11.8 Å². The van der Waals surface area contributed by atoms with E-state index in [-0.39, 0.29) is 11.2 Å². The van der Waals surface area contributed by atoms with Crippen molar-refractivity contribution in [2.75, 3.05) is 0 Å². The standard InChI is InChI=1S/C25H33FN2S/c1-9-13-20(27-17(5)16(4)10-2)23-22(28-24(29-23)25(6,7)8)19-15-12-14-18(11-3)21(19)26/h9,12-16H,1,10-11H2,2-8H3/b20-13-,27-17?. The molecule has 0 saturated heterocycles. The van der Waals surface area contributed by atoms with Gasteiger partial charge in [-0.15, -0.1) is 11.3 Å². The fraction of sp³-hybridized carbons (Fsp3) is 0.440. The van der Waals surface area contributed by atoms with Crippen LogP contribution in [0.3, 0.4) is 0 Å². The zero-order chi connectivity index (χ0) is 21.8. The molecule has 0 aliphatic carbocycles. The molecule has 1 unspecified atom stereocenters. The van der Waals surface area contributed by atoms with E-state index in [1.54, 1.807) is 17.4 Å². The van der Waals surface area contributed by atoms with Crippen molar-refractivity contribution in [3.8, 4) is 11.3 Å². The lowest BCUT2D eigenvalue weighted by Crippen LogP contribution is -2.10. The summed E-state index contributed by atoms with van der Waals surface area (Å²) in [5, 5.41) is 0.968. The summed E-state index contributed by atoms with van der Waals surface area (Å²) in [5.41, 5.74) is 3.62. The van der Waals surface area contributed by atoms with Crippen LogP contribution in [0.5, 0.6) is 0 Å². The Labute approximate surface area is 179 Å². The van der Waals surface area contributed by atoms with Gasteiger partial charge in [0, 0.05) is 16.7 Å². The first-order chi connectivity index (χ1) is 13.6. The van der Waals surface area contributed by atoms with Crippen molar-refractivity contribution in [1.82, 2.24) is 4.98 Å². The van der Waals surface area contributed by atoms with Crippen molar-refractivity contribution < 1.29 is 4.39 Å². The van der Waals surface area contributed by atoms with Crippen molar-refractivity contribution in [2.45, 2.75) is 66.7 Å². The lowest BCUT2D eigenvalue weighted by Gasteiger charge is -2.13. The summed E-state index contributed by atoms with van der Waals surface area (Å²) >= 11 is 1.59. The molecule has 0 N–H and O–H groups in total. The number of aryl methyl sites for hydroxylation is 1. The molecule has 1 atom stereocenters. The number of aromatic nitrogens is 1. The molecule has 0 bridgehead atoms. The van der Waals surface area contributed by atoms with Gasteiger partial charge in [-0.05, 0) is 43.4 Å². The third-order valence-corrected chi connectivity index (χ3v) is 6.62. The van der Waals surface area contributed by atoms with Crippen LogP contribution in [-0.4, -0.2) is 10.7 Å². The summed E-state index contributed by atoms with van der Waals surface area (Å²) in [4.78, 5) is 10.7. The molecule has 4 heteroatoms. The molecule has 2 aromatic rings. The molecular weight excluding hydrogens is 379 g/mol. The van der Waals surface area contributed by atoms with Crippen LogP contribution in [0.2, 0.25) is 0 Å². The lowest BCUT2D eigenvalue weighted by molar-refractivity contribution is 0.585. The molecule has 0 aliphatic heterocycles. The molecule has 0 saturated carbocycles. The number of thiazole rings is 1. The Hall–Kier alpha value is -2.07. The van der Waals surface area contributed by atoms with E-state index >= 15 is 4.39 Å². The van der Waals surface area contributed by atoms with Crippen LogP contribution in [0.15, 0.2) is 41.9 Å². The Morgan fingerprint density at radius 1 is 1.31 bits per heavy atom. The summed E-state index contributed by atoms with van der Waals surface area (Å²) in [6.45, 7) is 18.6. The van der Waals surface area contributed by atoms with Gasteiger partial charge in [0.25, 0.3) is 0 Å². The Kier molecular flexibility index (Phi) is 7.70. The monoisotopic (exact) mass is 412 g/mol. The van der Waals surface area contributed by atoms with Gasteiger partial charge in [-0.3, -0.25) is 4.99 Å². The van der Waals surface area contributed by atoms with Crippen LogP contribution < -0.4 is 0 Å². The highest BCUT2D eigenvalue weighted by molar-refractivity contribution is 7.13. The Balaban J connectivity index is 2.78. The van der Waals surface area contributed by atoms with Crippen LogP contribution in [0.1, 0.15) is 70.3 Å². The molecule has 1 heterocycles. The van der Waals surface area contributed by atoms with Gasteiger partial charge in [-0.25, -0.2) is 9.37 Å². The van der Waals surface area contributed by atoms with E-state index in [0.29, 0.717) is 29.2 Å². The predicted molar refractivity (Wildman–Crippen MR) is 126 cm³/mol. The number of hydrogen-bond donors (Lipinski definition) is 0. The van der Waals surface area contributed by atoms with Crippen molar-refractivity contribution >= 4 is 22.7 Å². The first-order valence-corrected chi connectivity index (χ1v) is 11.1. The molecule has 0 amide bonds. The molecule has 0 radical (unpaired) electrons. The highest BCUT2D eigenvalue weighted by Gasteiger charge is 2.26. The molecule has 1 aromatic carbocycles. The molecule has 0 spiro atoms. The van der Waals surface area contributed by atoms with Gasteiger partial charge in [0.05, 0.1) is 21.3 Å². The average molecular weight is 413 g/mol. The smallest absolute Gasteiger partial charge is 0.135 e. The summed E-state index contributed by atoms with van der Waals surface area (Å²) in [6, 6.07) is 5.55. The summed E-state index contributed by atoms with van der Waals surface area (Å²) < 4.78 is 15.2. The maximum absolute atomic E-state index is 15.2. The van der Waals surface area contributed by atoms with Crippen molar-refractivity contribution in [3.05, 3.63) is 58.2 Å². The molecule has 29 heavy (non-hydrogen) atoms. The molecule has 0 fully saturated rings. The van der Waals surface area contributed by atoms with Crippen LogP contribution >= 0.6 is 11.3 Å². The molecule has 2 rings (SSSR count). The number of benzene rings is 1. The van der Waals surface area contributed by atoms with Crippen LogP contribution in [0, 0.1) is 11.7 Å². The van der Waals surface area contributed by atoms with E-state index in [9.17, 15) is 0 Å². The van der Waals surface area contributed by atoms with Crippen molar-refractivity contribution in [1.29, 1.82) is 0 Å². The largest absolute Gasteiger partial charge is 0.256 e. The summed E-state index contributed by atoms with van der Waals surface area (Å²) in [7, 11) is 0. The quantitative estimate of drug-likeness (QED) is 0.336. The van der Waals surface area contributed by atoms with E-state index in [4.69, 9.17) is 9.98 Å². The second-order valence-corrected chi connectivity index (χ2v) is 9.43. The predicted octanol–water partition coefficient (Wildman–Crippen LogP) is 7.84. The zero-order valence-corrected chi connectivity index (χ0v) is 19.6. The minimum absolute atomic E-state index is 0.134. The Morgan fingerprint density at radius 3 is 2.55 bits per heavy atom. The van der Waals surface area contributed by atoms with Gasteiger partial charge in [-0.2, -0.15) is 0 Å². The van der Waals surface area contributed by atoms with E-state index < -0.39 is 0 Å². The van der Waals surface area contributed by atoms with Gasteiger partial charge in [0.2, 0.25) is 0 Å². The number of rotatable bonds is 7. The van der Waals surface area contributed by atoms with E-state index in [1.165, 1.54) is 0 Å². The SMILES string of the molecule is C=C/C=C(\N=C(C)C(C)CC)c1sc(C(C)(C)C)nc1-c1cccc(CC)c1F. The van der Waals surface area contributed by atoms with Gasteiger partial charge < -0.3 is 0 Å². The van der Waals surface area contributed by atoms with Gasteiger partial charge in [0.15, 0.2) is 0 Å². The highest BCUT2D eigenvalue weighted by Crippen LogP contribution is 2.40. The first kappa shape index (κ1) is 23.2. The topological polar surface area (TPSA) is 25.2 Å². The fourth-order valence-electron chi connectivity index (χ4n) is 2.90.